The van der Waals surface area contributed by atoms with Crippen molar-refractivity contribution in [1.82, 2.24) is 4.90 Å². The first kappa shape index (κ1) is 18.5. The molecule has 1 aliphatic rings. The van der Waals surface area contributed by atoms with Crippen molar-refractivity contribution in [3.63, 3.8) is 0 Å². The predicted molar refractivity (Wildman–Crippen MR) is 109 cm³/mol. The second-order valence-electron chi connectivity index (χ2n) is 5.80. The van der Waals surface area contributed by atoms with Crippen molar-refractivity contribution < 1.29 is 14.6 Å². The number of phenolic OH excluding ortho intramolecular Hbond substituents is 1. The smallest absolute Gasteiger partial charge is 0.266 e. The molecule has 0 aliphatic carbocycles. The van der Waals surface area contributed by atoms with Crippen LogP contribution in [0.1, 0.15) is 31.0 Å². The molecule has 1 fully saturated rings. The summed E-state index contributed by atoms with van der Waals surface area (Å²) >= 11 is 6.73. The lowest BCUT2D eigenvalue weighted by atomic mass is 10.1. The number of aromatic hydroxyl groups is 1. The van der Waals surface area contributed by atoms with Gasteiger partial charge in [0, 0.05) is 0 Å². The van der Waals surface area contributed by atoms with Crippen molar-refractivity contribution in [1.29, 1.82) is 0 Å². The molecule has 1 atom stereocenters. The Morgan fingerprint density at radius 3 is 2.69 bits per heavy atom. The van der Waals surface area contributed by atoms with Crippen LogP contribution in [0.3, 0.4) is 0 Å². The predicted octanol–water partition coefficient (Wildman–Crippen LogP) is 4.75. The van der Waals surface area contributed by atoms with Crippen LogP contribution in [0.15, 0.2) is 53.4 Å². The Morgan fingerprint density at radius 1 is 1.27 bits per heavy atom. The highest BCUT2D eigenvalue weighted by atomic mass is 32.2. The van der Waals surface area contributed by atoms with Crippen LogP contribution in [0.25, 0.3) is 6.08 Å². The van der Waals surface area contributed by atoms with Crippen LogP contribution in [-0.4, -0.2) is 26.8 Å². The number of thiocarbonyl (C=S) groups is 1. The molecule has 0 bridgehead atoms. The van der Waals surface area contributed by atoms with Crippen molar-refractivity contribution in [3.05, 3.63) is 64.6 Å². The number of hydrogen-bond acceptors (Lipinski definition) is 5. The standard InChI is InChI=1S/C20H19NO3S2/c1-3-24-17-11-14(9-10-16(17)22)12-18-19(23)21(20(25)26-18)13(2)15-7-5-4-6-8-15/h4-13,22H,3H2,1-2H3/b18-12+/t13-/m0/s1. The summed E-state index contributed by atoms with van der Waals surface area (Å²) in [5, 5.41) is 9.82. The number of thioether (sulfide) groups is 1. The fourth-order valence-electron chi connectivity index (χ4n) is 2.74. The summed E-state index contributed by atoms with van der Waals surface area (Å²) in [6, 6.07) is 14.7. The maximum Gasteiger partial charge on any atom is 0.266 e. The van der Waals surface area contributed by atoms with E-state index in [0.29, 0.717) is 21.6 Å². The topological polar surface area (TPSA) is 49.8 Å². The van der Waals surface area contributed by atoms with E-state index in [1.165, 1.54) is 11.8 Å². The minimum atomic E-state index is -0.131. The van der Waals surface area contributed by atoms with E-state index in [4.69, 9.17) is 17.0 Å². The first-order valence-electron chi connectivity index (χ1n) is 8.29. The van der Waals surface area contributed by atoms with Crippen LogP contribution in [0.4, 0.5) is 0 Å². The zero-order valence-electron chi connectivity index (χ0n) is 14.5. The van der Waals surface area contributed by atoms with Gasteiger partial charge in [-0.3, -0.25) is 9.69 Å². The molecule has 0 radical (unpaired) electrons. The third kappa shape index (κ3) is 3.76. The van der Waals surface area contributed by atoms with Crippen LogP contribution >= 0.6 is 24.0 Å². The molecule has 3 rings (SSSR count). The monoisotopic (exact) mass is 385 g/mol. The summed E-state index contributed by atoms with van der Waals surface area (Å²) in [5.74, 6) is 0.367. The highest BCUT2D eigenvalue weighted by molar-refractivity contribution is 8.26. The van der Waals surface area contributed by atoms with E-state index in [1.54, 1.807) is 29.2 Å². The lowest BCUT2D eigenvalue weighted by Crippen LogP contribution is -2.30. The van der Waals surface area contributed by atoms with Crippen LogP contribution in [0, 0.1) is 0 Å². The quantitative estimate of drug-likeness (QED) is 0.594. The van der Waals surface area contributed by atoms with Gasteiger partial charge in [0.05, 0.1) is 17.6 Å². The Labute approximate surface area is 162 Å². The minimum absolute atomic E-state index is 0.0780. The number of phenols is 1. The Bertz CT molecular complexity index is 865. The number of nitrogens with zero attached hydrogens (tertiary/aromatic N) is 1. The average Bonchev–Trinajstić information content (AvgIpc) is 2.92. The van der Waals surface area contributed by atoms with Crippen molar-refractivity contribution in [3.8, 4) is 11.5 Å². The molecular formula is C20H19NO3S2. The largest absolute Gasteiger partial charge is 0.504 e. The number of benzene rings is 2. The van der Waals surface area contributed by atoms with E-state index >= 15 is 0 Å². The molecule has 1 heterocycles. The van der Waals surface area contributed by atoms with Gasteiger partial charge in [-0.25, -0.2) is 0 Å². The zero-order chi connectivity index (χ0) is 18.7. The van der Waals surface area contributed by atoms with Crippen molar-refractivity contribution >= 4 is 40.3 Å². The Kier molecular flexibility index (Phi) is 5.64. The number of rotatable bonds is 5. The average molecular weight is 386 g/mol. The van der Waals surface area contributed by atoms with Gasteiger partial charge in [0.25, 0.3) is 5.91 Å². The Balaban J connectivity index is 1.87. The van der Waals surface area contributed by atoms with E-state index < -0.39 is 0 Å². The van der Waals surface area contributed by atoms with Gasteiger partial charge >= 0.3 is 0 Å². The van der Waals surface area contributed by atoms with Crippen molar-refractivity contribution in [2.24, 2.45) is 0 Å². The van der Waals surface area contributed by atoms with Gasteiger partial charge in [-0.1, -0.05) is 60.4 Å². The molecule has 6 heteroatoms. The van der Waals surface area contributed by atoms with Gasteiger partial charge in [-0.2, -0.15) is 0 Å². The van der Waals surface area contributed by atoms with E-state index in [2.05, 4.69) is 0 Å². The van der Waals surface area contributed by atoms with Gasteiger partial charge in [-0.05, 0) is 43.2 Å². The maximum absolute atomic E-state index is 12.9. The fraction of sp³-hybridized carbons (Fsp3) is 0.200. The van der Waals surface area contributed by atoms with E-state index in [9.17, 15) is 9.90 Å². The zero-order valence-corrected chi connectivity index (χ0v) is 16.1. The molecule has 2 aromatic rings. The molecule has 1 N–H and O–H groups in total. The normalized spacial score (nSPS) is 17.0. The van der Waals surface area contributed by atoms with Gasteiger partial charge in [-0.15, -0.1) is 0 Å². The number of carbonyl (C=O) groups is 1. The molecule has 1 amide bonds. The maximum atomic E-state index is 12.9. The SMILES string of the molecule is CCOc1cc(/C=C2/SC(=S)N([C@@H](C)c3ccccc3)C2=O)ccc1O. The second-order valence-corrected chi connectivity index (χ2v) is 7.47. The van der Waals surface area contributed by atoms with Crippen LogP contribution < -0.4 is 4.74 Å². The molecule has 134 valence electrons. The molecule has 1 aliphatic heterocycles. The van der Waals surface area contributed by atoms with Crippen LogP contribution in [-0.2, 0) is 4.79 Å². The number of ether oxygens (including phenoxy) is 1. The van der Waals surface area contributed by atoms with E-state index in [1.807, 2.05) is 44.2 Å². The molecule has 0 unspecified atom stereocenters. The third-order valence-corrected chi connectivity index (χ3v) is 5.40. The molecular weight excluding hydrogens is 366 g/mol. The van der Waals surface area contributed by atoms with Gasteiger partial charge < -0.3 is 9.84 Å². The number of amides is 1. The molecule has 0 spiro atoms. The highest BCUT2D eigenvalue weighted by Crippen LogP contribution is 2.38. The van der Waals surface area contributed by atoms with Gasteiger partial charge in [0.15, 0.2) is 11.5 Å². The molecule has 1 saturated heterocycles. The Morgan fingerprint density at radius 2 is 2.00 bits per heavy atom. The molecule has 4 nitrogen and oxygen atoms in total. The lowest BCUT2D eigenvalue weighted by Gasteiger charge is -2.23. The van der Waals surface area contributed by atoms with E-state index in [-0.39, 0.29) is 17.7 Å². The van der Waals surface area contributed by atoms with Crippen molar-refractivity contribution in [2.45, 2.75) is 19.9 Å². The van der Waals surface area contributed by atoms with Crippen LogP contribution in [0.5, 0.6) is 11.5 Å². The minimum Gasteiger partial charge on any atom is -0.504 e. The van der Waals surface area contributed by atoms with Gasteiger partial charge in [0.2, 0.25) is 0 Å². The van der Waals surface area contributed by atoms with Crippen molar-refractivity contribution in [2.75, 3.05) is 6.61 Å². The first-order valence-corrected chi connectivity index (χ1v) is 9.51. The second kappa shape index (κ2) is 7.93. The summed E-state index contributed by atoms with van der Waals surface area (Å²) < 4.78 is 5.94. The fourth-order valence-corrected chi connectivity index (χ4v) is 4.16. The highest BCUT2D eigenvalue weighted by Gasteiger charge is 2.35. The van der Waals surface area contributed by atoms with Gasteiger partial charge in [0.1, 0.15) is 4.32 Å². The molecule has 2 aromatic carbocycles. The summed E-state index contributed by atoms with van der Waals surface area (Å²) in [6.45, 7) is 4.27. The molecule has 26 heavy (non-hydrogen) atoms. The molecule has 0 saturated carbocycles. The summed E-state index contributed by atoms with van der Waals surface area (Å²) in [6.07, 6.45) is 1.78. The van der Waals surface area contributed by atoms with E-state index in [0.717, 1.165) is 11.1 Å². The summed E-state index contributed by atoms with van der Waals surface area (Å²) in [7, 11) is 0. The first-order chi connectivity index (χ1) is 12.5. The number of hydrogen-bond donors (Lipinski definition) is 1. The molecule has 0 aromatic heterocycles. The summed E-state index contributed by atoms with van der Waals surface area (Å²) in [4.78, 5) is 15.1. The lowest BCUT2D eigenvalue weighted by molar-refractivity contribution is -0.123. The third-order valence-electron chi connectivity index (χ3n) is 4.07. The van der Waals surface area contributed by atoms with Crippen LogP contribution in [0.2, 0.25) is 0 Å². The number of carbonyl (C=O) groups excluding carboxylic acids is 1. The summed E-state index contributed by atoms with van der Waals surface area (Å²) in [5.41, 5.74) is 1.81. The Hall–Kier alpha value is -2.31.